The van der Waals surface area contributed by atoms with Crippen LogP contribution in [0.2, 0.25) is 0 Å². The standard InChI is InChI=1S/C14H17N5O6/c1-2-3-4-18-7-10(16-13(15)17-11(7)23)19(14(18)24)12-9(22)8(21)6(5-20)25-12/h6-9,12,20-22H,4-5H2,1H3,(H2,15,17,23)/t6-,7?,8+,9-,12-/m1/s1. The molecule has 0 saturated carbocycles. The summed E-state index contributed by atoms with van der Waals surface area (Å²) in [5, 5.41) is 39.1. The minimum absolute atomic E-state index is 0.0644. The number of hydrogen-bond acceptors (Lipinski definition) is 7. The minimum Gasteiger partial charge on any atom is -0.394 e. The van der Waals surface area contributed by atoms with Gasteiger partial charge in [-0.2, -0.15) is 4.99 Å². The van der Waals surface area contributed by atoms with Crippen LogP contribution in [-0.2, 0) is 9.53 Å². The molecule has 25 heavy (non-hydrogen) atoms. The van der Waals surface area contributed by atoms with E-state index in [0.717, 1.165) is 9.80 Å². The molecule has 3 heterocycles. The summed E-state index contributed by atoms with van der Waals surface area (Å²) in [5.41, 5.74) is 0. The van der Waals surface area contributed by atoms with Crippen molar-refractivity contribution < 1.29 is 29.6 Å². The Morgan fingerprint density at radius 1 is 1.36 bits per heavy atom. The molecule has 1 unspecified atom stereocenters. The van der Waals surface area contributed by atoms with Gasteiger partial charge in [-0.05, 0) is 6.92 Å². The summed E-state index contributed by atoms with van der Waals surface area (Å²) in [6.45, 7) is 0.953. The number of rotatable bonds is 3. The van der Waals surface area contributed by atoms with Gasteiger partial charge in [0.1, 0.15) is 18.3 Å². The Labute approximate surface area is 142 Å². The van der Waals surface area contributed by atoms with Gasteiger partial charge in [0.25, 0.3) is 5.91 Å². The van der Waals surface area contributed by atoms with Crippen LogP contribution in [0.5, 0.6) is 0 Å². The zero-order valence-electron chi connectivity index (χ0n) is 13.2. The molecule has 11 heteroatoms. The summed E-state index contributed by atoms with van der Waals surface area (Å²) in [4.78, 5) is 31.0. The van der Waals surface area contributed by atoms with E-state index in [1.807, 2.05) is 0 Å². The van der Waals surface area contributed by atoms with E-state index < -0.39 is 55.1 Å². The Kier molecular flexibility index (Phi) is 4.44. The number of aliphatic imine (C=N–C) groups is 1. The lowest BCUT2D eigenvalue weighted by Crippen LogP contribution is -2.54. The molecule has 5 atom stereocenters. The maximum atomic E-state index is 12.8. The summed E-state index contributed by atoms with van der Waals surface area (Å²) in [6, 6.07) is -1.82. The smallest absolute Gasteiger partial charge is 0.329 e. The number of amidine groups is 1. The van der Waals surface area contributed by atoms with Gasteiger partial charge in [0, 0.05) is 0 Å². The molecular formula is C14H17N5O6. The second kappa shape index (κ2) is 6.41. The molecule has 0 aromatic carbocycles. The van der Waals surface area contributed by atoms with E-state index in [1.165, 1.54) is 0 Å². The summed E-state index contributed by atoms with van der Waals surface area (Å²) in [7, 11) is 0. The predicted molar refractivity (Wildman–Crippen MR) is 82.2 cm³/mol. The molecular weight excluding hydrogens is 334 g/mol. The van der Waals surface area contributed by atoms with E-state index >= 15 is 0 Å². The average Bonchev–Trinajstić information content (AvgIpc) is 3.00. The molecule has 11 nitrogen and oxygen atoms in total. The third-order valence-electron chi connectivity index (χ3n) is 4.17. The van der Waals surface area contributed by atoms with Gasteiger partial charge < -0.3 is 20.1 Å². The predicted octanol–water partition coefficient (Wildman–Crippen LogP) is -2.98. The number of urea groups is 1. The SMILES string of the molecule is CC#CCN1C(=O)N([C@@H]2O[C@H](CO)[C@H](O)[C@H]2O)C2=NC(=N)NC(=O)C21. The Morgan fingerprint density at radius 3 is 2.68 bits per heavy atom. The topological polar surface area (TPSA) is 159 Å². The number of fused-ring (bicyclic) bond motifs is 1. The van der Waals surface area contributed by atoms with Crippen LogP contribution in [0.4, 0.5) is 4.79 Å². The number of aliphatic hydroxyl groups excluding tert-OH is 3. The number of hydrogen-bond donors (Lipinski definition) is 5. The Morgan fingerprint density at radius 2 is 2.08 bits per heavy atom. The fourth-order valence-corrected chi connectivity index (χ4v) is 2.97. The third kappa shape index (κ3) is 2.65. The molecule has 3 aliphatic heterocycles. The van der Waals surface area contributed by atoms with Gasteiger partial charge >= 0.3 is 6.03 Å². The molecule has 0 spiro atoms. The zero-order valence-corrected chi connectivity index (χ0v) is 13.2. The number of guanidine groups is 1. The summed E-state index contributed by atoms with van der Waals surface area (Å²) >= 11 is 0. The number of carbonyl (C=O) groups is 2. The van der Waals surface area contributed by atoms with Crippen LogP contribution in [0, 0.1) is 17.3 Å². The van der Waals surface area contributed by atoms with Crippen molar-refractivity contribution in [3.8, 4) is 11.8 Å². The Balaban J connectivity index is 2.00. The first-order chi connectivity index (χ1) is 11.9. The molecule has 0 aliphatic carbocycles. The van der Waals surface area contributed by atoms with Crippen molar-refractivity contribution in [1.29, 1.82) is 5.41 Å². The van der Waals surface area contributed by atoms with Crippen molar-refractivity contribution in [2.24, 2.45) is 4.99 Å². The van der Waals surface area contributed by atoms with Gasteiger partial charge in [-0.1, -0.05) is 5.92 Å². The third-order valence-corrected chi connectivity index (χ3v) is 4.17. The van der Waals surface area contributed by atoms with Gasteiger partial charge in [-0.15, -0.1) is 5.92 Å². The van der Waals surface area contributed by atoms with Crippen molar-refractivity contribution in [2.45, 2.75) is 37.5 Å². The largest absolute Gasteiger partial charge is 0.394 e. The van der Waals surface area contributed by atoms with Crippen LogP contribution in [0.3, 0.4) is 0 Å². The van der Waals surface area contributed by atoms with Crippen LogP contribution < -0.4 is 5.32 Å². The highest BCUT2D eigenvalue weighted by Gasteiger charge is 2.56. The summed E-state index contributed by atoms with van der Waals surface area (Å²) in [6.07, 6.45) is -5.36. The molecule has 0 bridgehead atoms. The molecule has 2 saturated heterocycles. The lowest BCUT2D eigenvalue weighted by molar-refractivity contribution is -0.121. The molecule has 0 radical (unpaired) electrons. The molecule has 134 valence electrons. The highest BCUT2D eigenvalue weighted by atomic mass is 16.6. The normalized spacial score (nSPS) is 34.5. The van der Waals surface area contributed by atoms with E-state index in [4.69, 9.17) is 10.1 Å². The van der Waals surface area contributed by atoms with Crippen LogP contribution in [0.25, 0.3) is 0 Å². The lowest BCUT2D eigenvalue weighted by atomic mass is 10.1. The fourth-order valence-electron chi connectivity index (χ4n) is 2.97. The number of nitrogens with one attached hydrogen (secondary N) is 2. The van der Waals surface area contributed by atoms with Gasteiger partial charge in [0.15, 0.2) is 18.1 Å². The van der Waals surface area contributed by atoms with Gasteiger partial charge in [0.2, 0.25) is 5.96 Å². The molecule has 0 aromatic heterocycles. The van der Waals surface area contributed by atoms with Gasteiger partial charge in [0.05, 0.1) is 13.2 Å². The van der Waals surface area contributed by atoms with Gasteiger partial charge in [-0.25, -0.2) is 9.69 Å². The van der Waals surface area contributed by atoms with Crippen molar-refractivity contribution in [1.82, 2.24) is 15.1 Å². The van der Waals surface area contributed by atoms with Crippen LogP contribution in [-0.4, -0.2) is 92.6 Å². The highest BCUT2D eigenvalue weighted by molar-refractivity contribution is 6.25. The minimum atomic E-state index is -1.51. The number of aliphatic hydroxyl groups is 3. The monoisotopic (exact) mass is 351 g/mol. The van der Waals surface area contributed by atoms with Crippen molar-refractivity contribution >= 4 is 23.7 Å². The van der Waals surface area contributed by atoms with Crippen LogP contribution >= 0.6 is 0 Å². The molecule has 0 aromatic rings. The van der Waals surface area contributed by atoms with Crippen molar-refractivity contribution in [3.05, 3.63) is 0 Å². The zero-order chi connectivity index (χ0) is 18.3. The summed E-state index contributed by atoms with van der Waals surface area (Å²) < 4.78 is 5.37. The molecule has 3 rings (SSSR count). The number of amides is 3. The fraction of sp³-hybridized carbons (Fsp3) is 0.571. The second-order valence-corrected chi connectivity index (χ2v) is 5.65. The first-order valence-corrected chi connectivity index (χ1v) is 7.50. The quantitative estimate of drug-likeness (QED) is 0.341. The molecule has 3 aliphatic rings. The Hall–Kier alpha value is -2.52. The van der Waals surface area contributed by atoms with E-state index in [0.29, 0.717) is 0 Å². The highest BCUT2D eigenvalue weighted by Crippen LogP contribution is 2.31. The first-order valence-electron chi connectivity index (χ1n) is 7.50. The summed E-state index contributed by atoms with van der Waals surface area (Å²) in [5.74, 6) is 4.13. The van der Waals surface area contributed by atoms with E-state index in [9.17, 15) is 24.9 Å². The molecule has 3 amide bonds. The average molecular weight is 351 g/mol. The molecule has 5 N–H and O–H groups in total. The van der Waals surface area contributed by atoms with Crippen LogP contribution in [0.15, 0.2) is 4.99 Å². The number of ether oxygens (including phenoxy) is 1. The van der Waals surface area contributed by atoms with E-state index in [1.54, 1.807) is 6.92 Å². The number of carbonyl (C=O) groups excluding carboxylic acids is 2. The van der Waals surface area contributed by atoms with E-state index in [-0.39, 0.29) is 12.4 Å². The maximum absolute atomic E-state index is 12.8. The van der Waals surface area contributed by atoms with Crippen molar-refractivity contribution in [2.75, 3.05) is 13.2 Å². The number of nitrogens with zero attached hydrogens (tertiary/aromatic N) is 3. The first kappa shape index (κ1) is 17.3. The van der Waals surface area contributed by atoms with Gasteiger partial charge in [-0.3, -0.25) is 20.4 Å². The lowest BCUT2D eigenvalue weighted by Gasteiger charge is -2.26. The second-order valence-electron chi connectivity index (χ2n) is 5.65. The Bertz CT molecular complexity index is 712. The van der Waals surface area contributed by atoms with Crippen molar-refractivity contribution in [3.63, 3.8) is 0 Å². The maximum Gasteiger partial charge on any atom is 0.329 e. The molecule has 2 fully saturated rings. The van der Waals surface area contributed by atoms with E-state index in [2.05, 4.69) is 22.2 Å². The van der Waals surface area contributed by atoms with Crippen LogP contribution in [0.1, 0.15) is 6.92 Å².